The summed E-state index contributed by atoms with van der Waals surface area (Å²) in [5.74, 6) is 0.499. The first-order valence-corrected chi connectivity index (χ1v) is 9.13. The van der Waals surface area contributed by atoms with Crippen LogP contribution in [0.1, 0.15) is 10.8 Å². The monoisotopic (exact) mass is 381 g/mol. The minimum absolute atomic E-state index is 0.174. The van der Waals surface area contributed by atoms with Crippen LogP contribution in [0.4, 0.5) is 5.69 Å². The fourth-order valence-electron chi connectivity index (χ4n) is 2.43. The lowest BCUT2D eigenvalue weighted by Crippen LogP contribution is -2.19. The van der Waals surface area contributed by atoms with Gasteiger partial charge < -0.3 is 10.1 Å². The maximum absolute atomic E-state index is 13.0. The number of benzene rings is 2. The molecule has 3 aromatic rings. The smallest absolute Gasteiger partial charge is 0.242 e. The first-order chi connectivity index (χ1) is 13.2. The zero-order chi connectivity index (χ0) is 19.1. The lowest BCUT2D eigenvalue weighted by molar-refractivity contribution is -0.115. The van der Waals surface area contributed by atoms with Crippen LogP contribution < -0.4 is 10.1 Å². The highest BCUT2D eigenvalue weighted by molar-refractivity contribution is 8.00. The van der Waals surface area contributed by atoms with Crippen molar-refractivity contribution in [1.82, 2.24) is 20.2 Å². The Morgan fingerprint density at radius 2 is 2.11 bits per heavy atom. The van der Waals surface area contributed by atoms with Crippen LogP contribution in [-0.4, -0.2) is 33.2 Å². The molecule has 0 aliphatic carbocycles. The van der Waals surface area contributed by atoms with Crippen molar-refractivity contribution < 1.29 is 9.53 Å². The molecular weight excluding hydrogens is 362 g/mol. The van der Waals surface area contributed by atoms with E-state index in [-0.39, 0.29) is 5.91 Å². The van der Waals surface area contributed by atoms with Crippen molar-refractivity contribution in [2.45, 2.75) is 17.0 Å². The van der Waals surface area contributed by atoms with Gasteiger partial charge in [-0.25, -0.2) is 4.68 Å². The number of rotatable bonds is 8. The van der Waals surface area contributed by atoms with Crippen LogP contribution in [-0.2, 0) is 11.3 Å². The molecule has 3 rings (SSSR count). The van der Waals surface area contributed by atoms with E-state index in [0.29, 0.717) is 23.1 Å². The molecule has 0 bridgehead atoms. The number of thioether (sulfide) groups is 1. The number of amides is 1. The quantitative estimate of drug-likeness (QED) is 0.476. The van der Waals surface area contributed by atoms with Gasteiger partial charge in [0.1, 0.15) is 11.0 Å². The first-order valence-electron chi connectivity index (χ1n) is 8.25. The Morgan fingerprint density at radius 1 is 1.30 bits per heavy atom. The summed E-state index contributed by atoms with van der Waals surface area (Å²) in [6.45, 7) is 4.17. The average Bonchev–Trinajstić information content (AvgIpc) is 3.14. The Kier molecular flexibility index (Phi) is 6.22. The van der Waals surface area contributed by atoms with Gasteiger partial charge in [0, 0.05) is 11.8 Å². The average molecular weight is 381 g/mol. The predicted octanol–water partition coefficient (Wildman–Crippen LogP) is 3.34. The molecule has 27 heavy (non-hydrogen) atoms. The van der Waals surface area contributed by atoms with E-state index in [1.807, 2.05) is 48.5 Å². The molecule has 0 radical (unpaired) electrons. The predicted molar refractivity (Wildman–Crippen MR) is 105 cm³/mol. The summed E-state index contributed by atoms with van der Waals surface area (Å²) >= 11 is 1.29. The maximum atomic E-state index is 13.0. The van der Waals surface area contributed by atoms with Crippen LogP contribution in [0.25, 0.3) is 0 Å². The number of carbonyl (C=O) groups excluding carboxylic acids is 1. The number of nitrogens with one attached hydrogen (secondary N) is 1. The zero-order valence-electron chi connectivity index (χ0n) is 14.8. The summed E-state index contributed by atoms with van der Waals surface area (Å²) in [6.07, 6.45) is 1.70. The number of hydrogen-bond acceptors (Lipinski definition) is 6. The van der Waals surface area contributed by atoms with Gasteiger partial charge in [-0.05, 0) is 28.1 Å². The largest absolute Gasteiger partial charge is 0.497 e. The van der Waals surface area contributed by atoms with Gasteiger partial charge in [-0.15, -0.1) is 11.7 Å². The molecule has 0 aliphatic rings. The number of methoxy groups -OCH3 is 1. The van der Waals surface area contributed by atoms with Gasteiger partial charge >= 0.3 is 0 Å². The second kappa shape index (κ2) is 9.00. The van der Waals surface area contributed by atoms with E-state index < -0.39 is 5.25 Å². The molecule has 0 spiro atoms. The highest BCUT2D eigenvalue weighted by atomic mass is 32.2. The van der Waals surface area contributed by atoms with Gasteiger partial charge in [0.15, 0.2) is 0 Å². The molecule has 7 nitrogen and oxygen atoms in total. The summed E-state index contributed by atoms with van der Waals surface area (Å²) in [5.41, 5.74) is 1.52. The Morgan fingerprint density at radius 3 is 2.85 bits per heavy atom. The molecule has 8 heteroatoms. The van der Waals surface area contributed by atoms with Gasteiger partial charge in [0.05, 0.1) is 13.7 Å². The Bertz CT molecular complexity index is 913. The summed E-state index contributed by atoms with van der Waals surface area (Å²) in [4.78, 5) is 13.0. The lowest BCUT2D eigenvalue weighted by atomic mass is 10.1. The topological polar surface area (TPSA) is 81.9 Å². The standard InChI is InChI=1S/C19H19N5O2S/c1-3-12-24-19(21-22-23-24)27-17(14-8-5-4-6-9-14)18(25)20-15-10-7-11-16(13-15)26-2/h3-11,13,17H,1,12H2,2H3,(H,20,25). The number of ether oxygens (including phenoxy) is 1. The minimum atomic E-state index is -0.521. The number of hydrogen-bond donors (Lipinski definition) is 1. The molecule has 0 fully saturated rings. The van der Waals surface area contributed by atoms with Crippen LogP contribution in [0.5, 0.6) is 5.75 Å². The second-order valence-electron chi connectivity index (χ2n) is 5.56. The number of tetrazole rings is 1. The van der Waals surface area contributed by atoms with Gasteiger partial charge in [-0.2, -0.15) is 0 Å². The van der Waals surface area contributed by atoms with E-state index in [1.165, 1.54) is 11.8 Å². The maximum Gasteiger partial charge on any atom is 0.242 e. The van der Waals surface area contributed by atoms with Crippen molar-refractivity contribution in [1.29, 1.82) is 0 Å². The van der Waals surface area contributed by atoms with Crippen molar-refractivity contribution in [3.8, 4) is 5.75 Å². The molecule has 2 aromatic carbocycles. The van der Waals surface area contributed by atoms with Crippen molar-refractivity contribution >= 4 is 23.4 Å². The third-order valence-electron chi connectivity index (χ3n) is 3.70. The number of nitrogens with zero attached hydrogens (tertiary/aromatic N) is 4. The summed E-state index contributed by atoms with van der Waals surface area (Å²) in [5, 5.41) is 14.6. The fraction of sp³-hybridized carbons (Fsp3) is 0.158. The normalized spacial score (nSPS) is 11.6. The second-order valence-corrected chi connectivity index (χ2v) is 6.63. The van der Waals surface area contributed by atoms with E-state index in [4.69, 9.17) is 4.74 Å². The molecule has 0 aliphatic heterocycles. The summed E-state index contributed by atoms with van der Waals surface area (Å²) in [6, 6.07) is 16.7. The highest BCUT2D eigenvalue weighted by Gasteiger charge is 2.25. The third-order valence-corrected chi connectivity index (χ3v) is 4.93. The summed E-state index contributed by atoms with van der Waals surface area (Å²) < 4.78 is 6.82. The van der Waals surface area contributed by atoms with Crippen LogP contribution >= 0.6 is 11.8 Å². The molecular formula is C19H19N5O2S. The van der Waals surface area contributed by atoms with E-state index >= 15 is 0 Å². The van der Waals surface area contributed by atoms with Crippen molar-refractivity contribution in [3.63, 3.8) is 0 Å². The van der Waals surface area contributed by atoms with E-state index in [0.717, 1.165) is 5.56 Å². The molecule has 1 heterocycles. The van der Waals surface area contributed by atoms with Crippen molar-refractivity contribution in [2.24, 2.45) is 0 Å². The van der Waals surface area contributed by atoms with Crippen molar-refractivity contribution in [2.75, 3.05) is 12.4 Å². The third kappa shape index (κ3) is 4.73. The SMILES string of the molecule is C=CCn1nnnc1SC(C(=O)Nc1cccc(OC)c1)c1ccccc1. The Labute approximate surface area is 161 Å². The Balaban J connectivity index is 1.86. The molecule has 1 unspecified atom stereocenters. The molecule has 1 aromatic heterocycles. The Hall–Kier alpha value is -3.13. The van der Waals surface area contributed by atoms with Crippen LogP contribution in [0.15, 0.2) is 72.4 Å². The first kappa shape index (κ1) is 18.7. The highest BCUT2D eigenvalue weighted by Crippen LogP contribution is 2.35. The number of anilines is 1. The fourth-order valence-corrected chi connectivity index (χ4v) is 3.42. The number of allylic oxidation sites excluding steroid dienone is 1. The number of carbonyl (C=O) groups is 1. The van der Waals surface area contributed by atoms with Crippen LogP contribution in [0.2, 0.25) is 0 Å². The van der Waals surface area contributed by atoms with Gasteiger partial charge in [0.2, 0.25) is 11.1 Å². The van der Waals surface area contributed by atoms with E-state index in [2.05, 4.69) is 27.4 Å². The molecule has 0 saturated heterocycles. The minimum Gasteiger partial charge on any atom is -0.497 e. The number of aromatic nitrogens is 4. The van der Waals surface area contributed by atoms with Crippen LogP contribution in [0.3, 0.4) is 0 Å². The van der Waals surface area contributed by atoms with Crippen molar-refractivity contribution in [3.05, 3.63) is 72.8 Å². The van der Waals surface area contributed by atoms with Gasteiger partial charge in [0.25, 0.3) is 0 Å². The molecule has 1 atom stereocenters. The van der Waals surface area contributed by atoms with Crippen LogP contribution in [0, 0.1) is 0 Å². The van der Waals surface area contributed by atoms with E-state index in [1.54, 1.807) is 23.9 Å². The molecule has 1 N–H and O–H groups in total. The molecule has 0 saturated carbocycles. The van der Waals surface area contributed by atoms with Gasteiger partial charge in [-0.3, -0.25) is 4.79 Å². The molecule has 138 valence electrons. The summed E-state index contributed by atoms with van der Waals surface area (Å²) in [7, 11) is 1.59. The lowest BCUT2D eigenvalue weighted by Gasteiger charge is -2.16. The zero-order valence-corrected chi connectivity index (χ0v) is 15.6. The van der Waals surface area contributed by atoms with E-state index in [9.17, 15) is 4.79 Å². The molecule has 1 amide bonds. The van der Waals surface area contributed by atoms with Gasteiger partial charge in [-0.1, -0.05) is 54.2 Å².